The Labute approximate surface area is 126 Å². The van der Waals surface area contributed by atoms with Gasteiger partial charge in [-0.1, -0.05) is 6.07 Å². The lowest BCUT2D eigenvalue weighted by atomic mass is 10.2. The van der Waals surface area contributed by atoms with Crippen LogP contribution in [0.1, 0.15) is 47.1 Å². The topological polar surface area (TPSA) is 62.6 Å². The Kier molecular flexibility index (Phi) is 4.97. The van der Waals surface area contributed by atoms with Crippen molar-refractivity contribution in [2.75, 3.05) is 5.06 Å². The fourth-order valence-electron chi connectivity index (χ4n) is 1.47. The van der Waals surface area contributed by atoms with E-state index in [1.807, 2.05) is 26.8 Å². The minimum atomic E-state index is -0.635. The Morgan fingerprint density at radius 3 is 2.24 bits per heavy atom. The standard InChI is InChI=1S/C16H22N2O3/c1-15(2,3)20-14(19)18(21-16(4,5)6)13-9-7-8-12(10-13)11-17/h7-10H,1-6H3. The fraction of sp³-hybridized carbons (Fsp3) is 0.500. The normalized spacial score (nSPS) is 11.7. The first-order valence-corrected chi connectivity index (χ1v) is 6.74. The second kappa shape index (κ2) is 6.15. The first-order valence-electron chi connectivity index (χ1n) is 6.74. The molecule has 0 spiro atoms. The average molecular weight is 290 g/mol. The fourth-order valence-corrected chi connectivity index (χ4v) is 1.47. The molecule has 0 saturated heterocycles. The van der Waals surface area contributed by atoms with E-state index in [0.717, 1.165) is 5.06 Å². The molecule has 1 rings (SSSR count). The highest BCUT2D eigenvalue weighted by Gasteiger charge is 2.28. The Balaban J connectivity index is 3.13. The zero-order valence-corrected chi connectivity index (χ0v) is 13.4. The van der Waals surface area contributed by atoms with Crippen LogP contribution in [-0.4, -0.2) is 17.3 Å². The highest BCUT2D eigenvalue weighted by atomic mass is 16.7. The number of nitrogens with zero attached hydrogens (tertiary/aromatic N) is 2. The second-order valence-corrected chi connectivity index (χ2v) is 6.64. The highest BCUT2D eigenvalue weighted by molar-refractivity contribution is 5.85. The van der Waals surface area contributed by atoms with Gasteiger partial charge in [-0.15, -0.1) is 0 Å². The van der Waals surface area contributed by atoms with Gasteiger partial charge in [0.2, 0.25) is 0 Å². The lowest BCUT2D eigenvalue weighted by Gasteiger charge is -2.31. The van der Waals surface area contributed by atoms with Crippen LogP contribution in [-0.2, 0) is 9.57 Å². The van der Waals surface area contributed by atoms with Crippen molar-refractivity contribution in [2.45, 2.75) is 52.7 Å². The first-order chi connectivity index (χ1) is 9.52. The Morgan fingerprint density at radius 2 is 1.76 bits per heavy atom. The van der Waals surface area contributed by atoms with E-state index in [0.29, 0.717) is 11.3 Å². The maximum absolute atomic E-state index is 12.3. The van der Waals surface area contributed by atoms with Crippen molar-refractivity contribution in [3.05, 3.63) is 29.8 Å². The Bertz CT molecular complexity index is 548. The summed E-state index contributed by atoms with van der Waals surface area (Å²) in [7, 11) is 0. The van der Waals surface area contributed by atoms with Crippen LogP contribution in [0.2, 0.25) is 0 Å². The van der Waals surface area contributed by atoms with Gasteiger partial charge in [-0.25, -0.2) is 4.79 Å². The van der Waals surface area contributed by atoms with Gasteiger partial charge in [-0.3, -0.25) is 4.84 Å². The summed E-state index contributed by atoms with van der Waals surface area (Å²) >= 11 is 0. The van der Waals surface area contributed by atoms with Crippen molar-refractivity contribution in [3.63, 3.8) is 0 Å². The van der Waals surface area contributed by atoms with E-state index < -0.39 is 17.3 Å². The summed E-state index contributed by atoms with van der Waals surface area (Å²) in [5, 5.41) is 10.1. The van der Waals surface area contributed by atoms with Crippen LogP contribution >= 0.6 is 0 Å². The molecular weight excluding hydrogens is 268 g/mol. The van der Waals surface area contributed by atoms with E-state index in [4.69, 9.17) is 14.8 Å². The molecule has 0 aliphatic heterocycles. The summed E-state index contributed by atoms with van der Waals surface area (Å²) in [5.74, 6) is 0. The number of amides is 1. The van der Waals surface area contributed by atoms with Gasteiger partial charge in [0.15, 0.2) is 0 Å². The van der Waals surface area contributed by atoms with Crippen LogP contribution in [0.25, 0.3) is 0 Å². The van der Waals surface area contributed by atoms with Crippen LogP contribution < -0.4 is 5.06 Å². The maximum atomic E-state index is 12.3. The summed E-state index contributed by atoms with van der Waals surface area (Å²) in [4.78, 5) is 18.0. The van der Waals surface area contributed by atoms with E-state index in [1.165, 1.54) is 0 Å². The SMILES string of the molecule is CC(C)(C)OC(=O)N(OC(C)(C)C)c1cccc(C#N)c1. The minimum absolute atomic E-state index is 0.443. The van der Waals surface area contributed by atoms with E-state index in [1.54, 1.807) is 45.0 Å². The summed E-state index contributed by atoms with van der Waals surface area (Å²) in [5.41, 5.74) is -0.319. The number of carbonyl (C=O) groups is 1. The van der Waals surface area contributed by atoms with Crippen LogP contribution in [0, 0.1) is 11.3 Å². The summed E-state index contributed by atoms with van der Waals surface area (Å²) < 4.78 is 5.35. The van der Waals surface area contributed by atoms with Crippen LogP contribution in [0.4, 0.5) is 10.5 Å². The molecule has 114 valence electrons. The summed E-state index contributed by atoms with van der Waals surface area (Å²) in [6.45, 7) is 10.8. The van der Waals surface area contributed by atoms with Gasteiger partial charge in [0.25, 0.3) is 0 Å². The third-order valence-corrected chi connectivity index (χ3v) is 2.13. The quantitative estimate of drug-likeness (QED) is 0.771. The molecule has 21 heavy (non-hydrogen) atoms. The number of hydrogen-bond donors (Lipinski definition) is 0. The zero-order valence-electron chi connectivity index (χ0n) is 13.4. The molecular formula is C16H22N2O3. The van der Waals surface area contributed by atoms with Crippen LogP contribution in [0.15, 0.2) is 24.3 Å². The van der Waals surface area contributed by atoms with Crippen molar-refractivity contribution < 1.29 is 14.4 Å². The molecule has 0 unspecified atom stereocenters. The number of ether oxygens (including phenoxy) is 1. The molecule has 1 aromatic carbocycles. The summed E-state index contributed by atoms with van der Waals surface area (Å²) in [6.07, 6.45) is -0.618. The van der Waals surface area contributed by atoms with Crippen molar-refractivity contribution >= 4 is 11.8 Å². The molecule has 0 aliphatic carbocycles. The van der Waals surface area contributed by atoms with Gasteiger partial charge < -0.3 is 4.74 Å². The molecule has 0 N–H and O–H groups in total. The number of hydrogen-bond acceptors (Lipinski definition) is 4. The molecule has 0 radical (unpaired) electrons. The molecule has 5 nitrogen and oxygen atoms in total. The Morgan fingerprint density at radius 1 is 1.14 bits per heavy atom. The number of anilines is 1. The molecule has 0 heterocycles. The van der Waals surface area contributed by atoms with E-state index in [2.05, 4.69) is 0 Å². The van der Waals surface area contributed by atoms with Gasteiger partial charge in [-0.05, 0) is 59.7 Å². The first kappa shape index (κ1) is 17.0. The van der Waals surface area contributed by atoms with Gasteiger partial charge in [0.05, 0.1) is 22.9 Å². The van der Waals surface area contributed by atoms with Gasteiger partial charge in [0.1, 0.15) is 5.60 Å². The number of carbonyl (C=O) groups excluding carboxylic acids is 1. The smallest absolute Gasteiger partial charge is 0.439 e. The number of nitriles is 1. The number of hydroxylamine groups is 1. The summed E-state index contributed by atoms with van der Waals surface area (Å²) in [6, 6.07) is 8.66. The van der Waals surface area contributed by atoms with Gasteiger partial charge in [0, 0.05) is 0 Å². The lowest BCUT2D eigenvalue weighted by Crippen LogP contribution is -2.41. The average Bonchev–Trinajstić information content (AvgIpc) is 2.33. The number of rotatable bonds is 2. The van der Waals surface area contributed by atoms with Gasteiger partial charge in [-0.2, -0.15) is 10.3 Å². The predicted octanol–water partition coefficient (Wildman–Crippen LogP) is 4.03. The van der Waals surface area contributed by atoms with Crippen LogP contribution in [0.5, 0.6) is 0 Å². The van der Waals surface area contributed by atoms with Crippen LogP contribution in [0.3, 0.4) is 0 Å². The van der Waals surface area contributed by atoms with E-state index >= 15 is 0 Å². The van der Waals surface area contributed by atoms with Crippen molar-refractivity contribution in [1.29, 1.82) is 5.26 Å². The maximum Gasteiger partial charge on any atom is 0.439 e. The van der Waals surface area contributed by atoms with Gasteiger partial charge >= 0.3 is 6.09 Å². The monoisotopic (exact) mass is 290 g/mol. The van der Waals surface area contributed by atoms with E-state index in [9.17, 15) is 4.79 Å². The third kappa shape index (κ3) is 5.84. The molecule has 1 amide bonds. The Hall–Kier alpha value is -2.06. The molecule has 5 heteroatoms. The molecule has 0 atom stereocenters. The molecule has 0 bridgehead atoms. The minimum Gasteiger partial charge on any atom is -0.442 e. The predicted molar refractivity (Wildman–Crippen MR) is 80.7 cm³/mol. The molecule has 0 fully saturated rings. The largest absolute Gasteiger partial charge is 0.442 e. The lowest BCUT2D eigenvalue weighted by molar-refractivity contribution is -0.0355. The van der Waals surface area contributed by atoms with E-state index in [-0.39, 0.29) is 0 Å². The molecule has 0 aliphatic rings. The molecule has 0 aromatic heterocycles. The highest BCUT2D eigenvalue weighted by Crippen LogP contribution is 2.23. The second-order valence-electron chi connectivity index (χ2n) is 6.64. The van der Waals surface area contributed by atoms with Crippen molar-refractivity contribution in [3.8, 4) is 6.07 Å². The zero-order chi connectivity index (χ0) is 16.3. The van der Waals surface area contributed by atoms with Crippen molar-refractivity contribution in [1.82, 2.24) is 0 Å². The number of benzene rings is 1. The third-order valence-electron chi connectivity index (χ3n) is 2.13. The van der Waals surface area contributed by atoms with Crippen molar-refractivity contribution in [2.24, 2.45) is 0 Å². The molecule has 1 aromatic rings. The molecule has 0 saturated carbocycles.